The average Bonchev–Trinajstić information content (AvgIpc) is 2.87. The molecule has 0 aliphatic rings. The summed E-state index contributed by atoms with van der Waals surface area (Å²) in [6.07, 6.45) is 0. The highest BCUT2D eigenvalue weighted by Gasteiger charge is 2.16. The molecule has 1 N–H and O–H groups in total. The Bertz CT molecular complexity index is 824. The zero-order valence-electron chi connectivity index (χ0n) is 9.91. The Morgan fingerprint density at radius 2 is 1.89 bits per heavy atom. The number of fused-ring (bicyclic) bond motifs is 1. The standard InChI is InChI=1S/C13H9NO3S2/c1-7-2-4-8(5-3-7)14-11-9(19-13(14)17)6-10(18-11)12(15)16/h2-6H,1H3,(H,15,16). The summed E-state index contributed by atoms with van der Waals surface area (Å²) >= 11 is 2.20. The number of aryl methyl sites for hydroxylation is 1. The Labute approximate surface area is 116 Å². The number of rotatable bonds is 2. The number of thiophene rings is 1. The zero-order chi connectivity index (χ0) is 13.6. The summed E-state index contributed by atoms with van der Waals surface area (Å²) in [6, 6.07) is 9.14. The van der Waals surface area contributed by atoms with Gasteiger partial charge in [0.15, 0.2) is 0 Å². The summed E-state index contributed by atoms with van der Waals surface area (Å²) in [5.41, 5.74) is 1.88. The summed E-state index contributed by atoms with van der Waals surface area (Å²) in [7, 11) is 0. The highest BCUT2D eigenvalue weighted by molar-refractivity contribution is 7.27. The number of aromatic carboxylic acids is 1. The minimum atomic E-state index is -0.962. The molecular formula is C13H9NO3S2. The summed E-state index contributed by atoms with van der Waals surface area (Å²) in [6.45, 7) is 1.98. The van der Waals surface area contributed by atoms with Gasteiger partial charge in [-0.2, -0.15) is 0 Å². The van der Waals surface area contributed by atoms with Crippen molar-refractivity contribution in [2.75, 3.05) is 0 Å². The number of thiazole rings is 1. The van der Waals surface area contributed by atoms with Crippen LogP contribution in [0, 0.1) is 6.92 Å². The van der Waals surface area contributed by atoms with Crippen molar-refractivity contribution in [1.29, 1.82) is 0 Å². The van der Waals surface area contributed by atoms with E-state index in [-0.39, 0.29) is 9.75 Å². The van der Waals surface area contributed by atoms with Gasteiger partial charge in [-0.1, -0.05) is 29.0 Å². The molecule has 2 heterocycles. The van der Waals surface area contributed by atoms with Crippen molar-refractivity contribution in [3.8, 4) is 5.69 Å². The van der Waals surface area contributed by atoms with Crippen LogP contribution in [0.15, 0.2) is 35.1 Å². The van der Waals surface area contributed by atoms with Crippen LogP contribution in [-0.2, 0) is 0 Å². The number of aromatic nitrogens is 1. The lowest BCUT2D eigenvalue weighted by Gasteiger charge is -2.02. The fourth-order valence-corrected chi connectivity index (χ4v) is 3.96. The second-order valence-corrected chi connectivity index (χ2v) is 6.15. The maximum absolute atomic E-state index is 12.0. The summed E-state index contributed by atoms with van der Waals surface area (Å²) in [4.78, 5) is 23.8. The molecule has 4 nitrogen and oxygen atoms in total. The van der Waals surface area contributed by atoms with Crippen LogP contribution in [0.4, 0.5) is 0 Å². The van der Waals surface area contributed by atoms with E-state index in [1.54, 1.807) is 10.6 Å². The fourth-order valence-electron chi connectivity index (χ4n) is 1.84. The molecule has 19 heavy (non-hydrogen) atoms. The lowest BCUT2D eigenvalue weighted by molar-refractivity contribution is 0.0702. The largest absolute Gasteiger partial charge is 0.477 e. The van der Waals surface area contributed by atoms with Gasteiger partial charge in [-0.15, -0.1) is 11.3 Å². The van der Waals surface area contributed by atoms with Crippen molar-refractivity contribution >= 4 is 38.2 Å². The van der Waals surface area contributed by atoms with Gasteiger partial charge in [0.05, 0.1) is 10.4 Å². The highest BCUT2D eigenvalue weighted by atomic mass is 32.1. The molecule has 0 amide bonds. The van der Waals surface area contributed by atoms with Gasteiger partial charge in [0.1, 0.15) is 9.71 Å². The van der Waals surface area contributed by atoms with E-state index in [0.717, 1.165) is 33.9 Å². The molecule has 0 bridgehead atoms. The van der Waals surface area contributed by atoms with Crippen molar-refractivity contribution in [3.63, 3.8) is 0 Å². The summed E-state index contributed by atoms with van der Waals surface area (Å²) in [5.74, 6) is -0.962. The predicted octanol–water partition coefficient (Wildman–Crippen LogP) is 3.12. The van der Waals surface area contributed by atoms with Gasteiger partial charge in [-0.3, -0.25) is 9.36 Å². The average molecular weight is 291 g/mol. The molecule has 0 atom stereocenters. The molecule has 3 aromatic rings. The Kier molecular flexibility index (Phi) is 2.76. The van der Waals surface area contributed by atoms with Crippen LogP contribution in [-0.4, -0.2) is 15.6 Å². The third kappa shape index (κ3) is 1.98. The van der Waals surface area contributed by atoms with E-state index in [2.05, 4.69) is 0 Å². The first-order chi connectivity index (χ1) is 9.06. The van der Waals surface area contributed by atoms with Gasteiger partial charge >= 0.3 is 10.8 Å². The Hall–Kier alpha value is -1.92. The van der Waals surface area contributed by atoms with E-state index in [1.165, 1.54) is 0 Å². The van der Waals surface area contributed by atoms with Crippen molar-refractivity contribution < 1.29 is 9.90 Å². The van der Waals surface area contributed by atoms with Crippen molar-refractivity contribution in [1.82, 2.24) is 4.57 Å². The van der Waals surface area contributed by atoms with E-state index in [0.29, 0.717) is 9.53 Å². The summed E-state index contributed by atoms with van der Waals surface area (Å²) in [5, 5.41) is 9.00. The van der Waals surface area contributed by atoms with Gasteiger partial charge in [0, 0.05) is 0 Å². The number of carbonyl (C=O) groups is 1. The van der Waals surface area contributed by atoms with Crippen molar-refractivity contribution in [2.45, 2.75) is 6.92 Å². The van der Waals surface area contributed by atoms with E-state index in [9.17, 15) is 9.59 Å². The van der Waals surface area contributed by atoms with Crippen LogP contribution in [0.25, 0.3) is 15.2 Å². The molecule has 2 aromatic heterocycles. The molecule has 0 aliphatic carbocycles. The Morgan fingerprint density at radius 1 is 1.21 bits per heavy atom. The number of hydrogen-bond donors (Lipinski definition) is 1. The lowest BCUT2D eigenvalue weighted by atomic mass is 10.2. The lowest BCUT2D eigenvalue weighted by Crippen LogP contribution is -2.09. The molecule has 0 saturated carbocycles. The third-order valence-electron chi connectivity index (χ3n) is 2.77. The highest BCUT2D eigenvalue weighted by Crippen LogP contribution is 2.29. The van der Waals surface area contributed by atoms with E-state index in [4.69, 9.17) is 5.11 Å². The first-order valence-electron chi connectivity index (χ1n) is 5.52. The molecule has 1 aromatic carbocycles. The molecule has 3 rings (SSSR count). The predicted molar refractivity (Wildman–Crippen MR) is 77.0 cm³/mol. The third-order valence-corrected chi connectivity index (χ3v) is 4.89. The quantitative estimate of drug-likeness (QED) is 0.789. The van der Waals surface area contributed by atoms with Gasteiger partial charge in [-0.25, -0.2) is 4.79 Å². The van der Waals surface area contributed by atoms with Crippen molar-refractivity contribution in [2.24, 2.45) is 0 Å². The van der Waals surface area contributed by atoms with Crippen LogP contribution in [0.3, 0.4) is 0 Å². The van der Waals surface area contributed by atoms with Crippen LogP contribution in [0.1, 0.15) is 15.2 Å². The second-order valence-electron chi connectivity index (χ2n) is 4.12. The van der Waals surface area contributed by atoms with E-state index in [1.807, 2.05) is 31.2 Å². The maximum Gasteiger partial charge on any atom is 0.345 e. The van der Waals surface area contributed by atoms with Gasteiger partial charge in [0.2, 0.25) is 0 Å². The molecule has 0 spiro atoms. The van der Waals surface area contributed by atoms with E-state index < -0.39 is 5.97 Å². The molecule has 0 saturated heterocycles. The molecule has 96 valence electrons. The van der Waals surface area contributed by atoms with Crippen LogP contribution in [0.5, 0.6) is 0 Å². The molecule has 0 aliphatic heterocycles. The van der Waals surface area contributed by atoms with Gasteiger partial charge in [0.25, 0.3) is 0 Å². The minimum Gasteiger partial charge on any atom is -0.477 e. The number of benzene rings is 1. The number of carboxylic acids is 1. The molecule has 0 radical (unpaired) electrons. The summed E-state index contributed by atoms with van der Waals surface area (Å²) < 4.78 is 2.28. The van der Waals surface area contributed by atoms with Crippen molar-refractivity contribution in [3.05, 3.63) is 50.4 Å². The molecule has 0 unspecified atom stereocenters. The normalized spacial score (nSPS) is 11.0. The van der Waals surface area contributed by atoms with Crippen LogP contribution < -0.4 is 4.87 Å². The Morgan fingerprint density at radius 3 is 2.53 bits per heavy atom. The molecular weight excluding hydrogens is 282 g/mol. The van der Waals surface area contributed by atoms with Gasteiger partial charge in [-0.05, 0) is 25.1 Å². The smallest absolute Gasteiger partial charge is 0.345 e. The number of nitrogens with zero attached hydrogens (tertiary/aromatic N) is 1. The number of carboxylic acid groups (broad SMARTS) is 1. The maximum atomic E-state index is 12.0. The van der Waals surface area contributed by atoms with Crippen LogP contribution in [0.2, 0.25) is 0 Å². The van der Waals surface area contributed by atoms with Crippen LogP contribution >= 0.6 is 22.7 Å². The number of hydrogen-bond acceptors (Lipinski definition) is 4. The van der Waals surface area contributed by atoms with E-state index >= 15 is 0 Å². The first kappa shape index (κ1) is 12.1. The minimum absolute atomic E-state index is 0.0953. The SMILES string of the molecule is Cc1ccc(-n2c(=O)sc3cc(C(=O)O)sc32)cc1. The fraction of sp³-hybridized carbons (Fsp3) is 0.0769. The zero-order valence-corrected chi connectivity index (χ0v) is 11.5. The molecule has 0 fully saturated rings. The van der Waals surface area contributed by atoms with Gasteiger partial charge < -0.3 is 5.11 Å². The topological polar surface area (TPSA) is 59.3 Å². The monoisotopic (exact) mass is 291 g/mol. The Balaban J connectivity index is 2.27. The molecule has 6 heteroatoms. The second kappa shape index (κ2) is 4.32. The first-order valence-corrected chi connectivity index (χ1v) is 7.15.